The first-order chi connectivity index (χ1) is 26.0. The van der Waals surface area contributed by atoms with Gasteiger partial charge in [0.25, 0.3) is 10.1 Å². The second-order valence-corrected chi connectivity index (χ2v) is 14.7. The highest BCUT2D eigenvalue weighted by atomic mass is 32.2. The van der Waals surface area contributed by atoms with Crippen LogP contribution in [0.25, 0.3) is 0 Å². The predicted octanol–water partition coefficient (Wildman–Crippen LogP) is 6.77. The molecule has 1 saturated heterocycles. The average Bonchev–Trinajstić information content (AvgIpc) is 3.13. The van der Waals surface area contributed by atoms with Crippen molar-refractivity contribution in [3.05, 3.63) is 72.9 Å². The van der Waals surface area contributed by atoms with E-state index in [1.54, 1.807) is 6.08 Å². The molecule has 0 aromatic rings. The van der Waals surface area contributed by atoms with Crippen molar-refractivity contribution in [1.82, 2.24) is 0 Å². The lowest BCUT2D eigenvalue weighted by Gasteiger charge is -2.40. The zero-order valence-corrected chi connectivity index (χ0v) is 33.1. The van der Waals surface area contributed by atoms with Gasteiger partial charge in [0, 0.05) is 6.42 Å². The van der Waals surface area contributed by atoms with Crippen LogP contribution in [0.2, 0.25) is 0 Å². The molecule has 1 aliphatic heterocycles. The molecule has 0 amide bonds. The van der Waals surface area contributed by atoms with Gasteiger partial charge in [-0.1, -0.05) is 119 Å². The molecule has 54 heavy (non-hydrogen) atoms. The molecule has 1 heterocycles. The first-order valence-corrected chi connectivity index (χ1v) is 21.1. The molecule has 6 unspecified atom stereocenters. The first-order valence-electron chi connectivity index (χ1n) is 19.5. The van der Waals surface area contributed by atoms with Gasteiger partial charge in [0.05, 0.1) is 13.0 Å². The van der Waals surface area contributed by atoms with E-state index >= 15 is 0 Å². The summed E-state index contributed by atoms with van der Waals surface area (Å²) in [6.07, 6.45) is 28.5. The van der Waals surface area contributed by atoms with E-state index in [9.17, 15) is 37.9 Å². The smallest absolute Gasteiger partial charge is 0.310 e. The van der Waals surface area contributed by atoms with Gasteiger partial charge in [-0.2, -0.15) is 8.42 Å². The van der Waals surface area contributed by atoms with E-state index < -0.39 is 71.2 Å². The summed E-state index contributed by atoms with van der Waals surface area (Å²) in [7, 11) is -4.61. The second kappa shape index (κ2) is 31.3. The Balaban J connectivity index is 2.61. The third kappa shape index (κ3) is 26.0. The monoisotopic (exact) mass is 782 g/mol. The van der Waals surface area contributed by atoms with Crippen molar-refractivity contribution in [2.24, 2.45) is 0 Å². The fraction of sp³-hybridized carbons (Fsp3) is 0.659. The number of rotatable bonds is 30. The fourth-order valence-corrected chi connectivity index (χ4v) is 5.95. The molecule has 0 aromatic heterocycles. The highest BCUT2D eigenvalue weighted by Crippen LogP contribution is 2.23. The van der Waals surface area contributed by atoms with E-state index in [1.165, 1.54) is 12.8 Å². The van der Waals surface area contributed by atoms with Gasteiger partial charge in [0.2, 0.25) is 0 Å². The molecule has 308 valence electrons. The summed E-state index contributed by atoms with van der Waals surface area (Å²) in [6, 6.07) is 0. The van der Waals surface area contributed by atoms with E-state index in [1.807, 2.05) is 18.2 Å². The topological polar surface area (TPSA) is 186 Å². The summed E-state index contributed by atoms with van der Waals surface area (Å²) in [4.78, 5) is 25.2. The summed E-state index contributed by atoms with van der Waals surface area (Å²) in [5.74, 6) is -2.17. The Kier molecular flexibility index (Phi) is 28.5. The second-order valence-electron chi connectivity index (χ2n) is 13.2. The standard InChI is InChI=1S/C41H66O12S/c1-3-5-7-9-11-13-15-16-17-18-20-22-24-26-28-30-37(43)52-34(31-50-36(42)29-27-25-23-21-19-14-12-10-8-6-4-2)32-51-41-40(46)39(45)38(44)35(53-41)33-54(47,48)49/h5,7,10-13,16-17,20,22,26,28,34-35,38-41,44-46H,3-4,6,8-9,14-15,18-19,21,23-25,27,29-33H2,1-2H3,(H,47,48,49)/b7-5-,12-10-,13-11-,17-16-,22-20-,28-26-. The number of hydrogen-bond acceptors (Lipinski definition) is 11. The van der Waals surface area contributed by atoms with Crippen molar-refractivity contribution in [1.29, 1.82) is 0 Å². The van der Waals surface area contributed by atoms with Gasteiger partial charge in [-0.25, -0.2) is 0 Å². The van der Waals surface area contributed by atoms with Gasteiger partial charge in [0.1, 0.15) is 36.8 Å². The van der Waals surface area contributed by atoms with Crippen LogP contribution in [0.5, 0.6) is 0 Å². The van der Waals surface area contributed by atoms with Crippen LogP contribution >= 0.6 is 0 Å². The largest absolute Gasteiger partial charge is 0.462 e. The number of ether oxygens (including phenoxy) is 4. The number of aliphatic hydroxyl groups is 3. The van der Waals surface area contributed by atoms with Crippen LogP contribution in [0.3, 0.4) is 0 Å². The minimum atomic E-state index is -4.61. The Labute approximate surface area is 323 Å². The van der Waals surface area contributed by atoms with E-state index in [0.29, 0.717) is 12.8 Å². The minimum Gasteiger partial charge on any atom is -0.462 e. The van der Waals surface area contributed by atoms with Crippen LogP contribution in [0, 0.1) is 0 Å². The summed E-state index contributed by atoms with van der Waals surface area (Å²) in [5.41, 5.74) is 0. The molecule has 6 atom stereocenters. The lowest BCUT2D eigenvalue weighted by molar-refractivity contribution is -0.297. The zero-order chi connectivity index (χ0) is 39.9. The van der Waals surface area contributed by atoms with Gasteiger partial charge in [-0.3, -0.25) is 14.1 Å². The normalized spacial score (nSPS) is 21.8. The number of hydrogen-bond donors (Lipinski definition) is 4. The van der Waals surface area contributed by atoms with Gasteiger partial charge >= 0.3 is 11.9 Å². The van der Waals surface area contributed by atoms with E-state index in [-0.39, 0.29) is 19.4 Å². The van der Waals surface area contributed by atoms with Crippen LogP contribution in [0.15, 0.2) is 72.9 Å². The molecule has 0 aromatic carbocycles. The summed E-state index contributed by atoms with van der Waals surface area (Å²) >= 11 is 0. The number of carbonyl (C=O) groups excluding carboxylic acids is 2. The van der Waals surface area contributed by atoms with Crippen LogP contribution in [0.4, 0.5) is 0 Å². The fourth-order valence-electron chi connectivity index (χ4n) is 5.26. The third-order valence-electron chi connectivity index (χ3n) is 8.30. The summed E-state index contributed by atoms with van der Waals surface area (Å²) in [5, 5.41) is 30.7. The molecule has 12 nitrogen and oxygen atoms in total. The van der Waals surface area contributed by atoms with Gasteiger partial charge in [-0.15, -0.1) is 0 Å². The number of allylic oxidation sites excluding steroid dienone is 11. The maximum atomic E-state index is 12.7. The Bertz CT molecular complexity index is 1290. The number of esters is 2. The lowest BCUT2D eigenvalue weighted by atomic mass is 10.00. The molecule has 1 rings (SSSR count). The van der Waals surface area contributed by atoms with Crippen molar-refractivity contribution >= 4 is 22.1 Å². The van der Waals surface area contributed by atoms with Gasteiger partial charge in [-0.05, 0) is 57.8 Å². The highest BCUT2D eigenvalue weighted by molar-refractivity contribution is 7.85. The maximum absolute atomic E-state index is 12.7. The van der Waals surface area contributed by atoms with Crippen molar-refractivity contribution in [2.75, 3.05) is 19.0 Å². The molecular formula is C41H66O12S. The van der Waals surface area contributed by atoms with Crippen LogP contribution in [-0.2, 0) is 38.7 Å². The third-order valence-corrected chi connectivity index (χ3v) is 9.05. The summed E-state index contributed by atoms with van der Waals surface area (Å²) in [6.45, 7) is 3.47. The van der Waals surface area contributed by atoms with E-state index in [4.69, 9.17) is 18.9 Å². The average molecular weight is 783 g/mol. The molecule has 0 aliphatic carbocycles. The Hall–Kier alpha value is -2.91. The molecular weight excluding hydrogens is 717 g/mol. The Morgan fingerprint density at radius 1 is 0.667 bits per heavy atom. The Morgan fingerprint density at radius 3 is 1.81 bits per heavy atom. The van der Waals surface area contributed by atoms with Crippen LogP contribution in [-0.4, -0.2) is 96.0 Å². The molecule has 0 bridgehead atoms. The zero-order valence-electron chi connectivity index (χ0n) is 32.3. The number of carbonyl (C=O) groups is 2. The number of unbranched alkanes of at least 4 members (excludes halogenated alkanes) is 7. The molecule has 0 saturated carbocycles. The quantitative estimate of drug-likeness (QED) is 0.0260. The summed E-state index contributed by atoms with van der Waals surface area (Å²) < 4.78 is 53.7. The number of aliphatic hydroxyl groups excluding tert-OH is 3. The van der Waals surface area contributed by atoms with Crippen LogP contribution in [0.1, 0.15) is 117 Å². The van der Waals surface area contributed by atoms with Crippen molar-refractivity contribution in [2.45, 2.75) is 153 Å². The molecule has 13 heteroatoms. The SMILES string of the molecule is CC/C=C\C/C=C\C/C=C\C/C=C\C/C=C\CC(=O)OC(COC(=O)CCCCCCC/C=C\CCCC)COC1OC(CS(=O)(=O)O)C(O)C(O)C1O. The van der Waals surface area contributed by atoms with Crippen molar-refractivity contribution in [3.63, 3.8) is 0 Å². The van der Waals surface area contributed by atoms with Crippen LogP contribution < -0.4 is 0 Å². The van der Waals surface area contributed by atoms with Gasteiger partial charge < -0.3 is 34.3 Å². The molecule has 0 spiro atoms. The van der Waals surface area contributed by atoms with E-state index in [0.717, 1.165) is 64.2 Å². The van der Waals surface area contributed by atoms with Gasteiger partial charge in [0.15, 0.2) is 12.4 Å². The molecule has 1 aliphatic rings. The van der Waals surface area contributed by atoms with Crippen molar-refractivity contribution in [3.8, 4) is 0 Å². The minimum absolute atomic E-state index is 0.0730. The molecule has 4 N–H and O–H groups in total. The maximum Gasteiger partial charge on any atom is 0.310 e. The molecule has 1 fully saturated rings. The first kappa shape index (κ1) is 49.1. The lowest BCUT2D eigenvalue weighted by Crippen LogP contribution is -2.60. The van der Waals surface area contributed by atoms with E-state index in [2.05, 4.69) is 62.5 Å². The Morgan fingerprint density at radius 2 is 1.22 bits per heavy atom. The van der Waals surface area contributed by atoms with Crippen molar-refractivity contribution < 1.29 is 56.8 Å². The molecule has 0 radical (unpaired) electrons. The predicted molar refractivity (Wildman–Crippen MR) is 210 cm³/mol. The highest BCUT2D eigenvalue weighted by Gasteiger charge is 2.46.